The molecule has 3 rings (SSSR count). The fourth-order valence-corrected chi connectivity index (χ4v) is 3.52. The van der Waals surface area contributed by atoms with Gasteiger partial charge in [-0.05, 0) is 73.3 Å². The zero-order valence-electron chi connectivity index (χ0n) is 18.7. The predicted octanol–water partition coefficient (Wildman–Crippen LogP) is 3.87. The molecule has 0 aliphatic heterocycles. The van der Waals surface area contributed by atoms with Gasteiger partial charge in [0.05, 0.1) is 21.3 Å². The first-order chi connectivity index (χ1) is 15.4. The van der Waals surface area contributed by atoms with Crippen molar-refractivity contribution in [2.45, 2.75) is 25.9 Å². The number of rotatable bonds is 9. The molecule has 32 heavy (non-hydrogen) atoms. The molecule has 3 N–H and O–H groups in total. The summed E-state index contributed by atoms with van der Waals surface area (Å²) in [4.78, 5) is 12.6. The van der Waals surface area contributed by atoms with Crippen LogP contribution in [-0.4, -0.2) is 38.5 Å². The third kappa shape index (κ3) is 6.13. The molecule has 1 aliphatic rings. The van der Waals surface area contributed by atoms with E-state index in [4.69, 9.17) is 26.4 Å². The maximum absolute atomic E-state index is 12.6. The van der Waals surface area contributed by atoms with Gasteiger partial charge < -0.3 is 30.2 Å². The van der Waals surface area contributed by atoms with Gasteiger partial charge >= 0.3 is 0 Å². The van der Waals surface area contributed by atoms with Crippen LogP contribution in [0.5, 0.6) is 17.2 Å². The number of thiocarbonyl (C=S) groups is 1. The number of para-hydroxylation sites is 1. The highest BCUT2D eigenvalue weighted by Crippen LogP contribution is 2.38. The molecule has 170 valence electrons. The number of carbonyl (C=O) groups excluding carboxylic acids is 1. The van der Waals surface area contributed by atoms with Crippen LogP contribution in [0.4, 0.5) is 5.69 Å². The topological polar surface area (TPSA) is 80.9 Å². The van der Waals surface area contributed by atoms with Crippen LogP contribution in [0.15, 0.2) is 42.5 Å². The number of ether oxygens (including phenoxy) is 3. The van der Waals surface area contributed by atoms with Crippen LogP contribution in [0.1, 0.15) is 24.0 Å². The Morgan fingerprint density at radius 2 is 1.72 bits per heavy atom. The minimum Gasteiger partial charge on any atom is -0.493 e. The summed E-state index contributed by atoms with van der Waals surface area (Å²) in [6.07, 6.45) is 5.03. The molecule has 1 saturated carbocycles. The second-order valence-corrected chi connectivity index (χ2v) is 7.94. The van der Waals surface area contributed by atoms with Crippen molar-refractivity contribution >= 4 is 35.0 Å². The van der Waals surface area contributed by atoms with Gasteiger partial charge in [0.1, 0.15) is 6.17 Å². The highest BCUT2D eigenvalue weighted by molar-refractivity contribution is 7.80. The third-order valence-corrected chi connectivity index (χ3v) is 5.41. The van der Waals surface area contributed by atoms with Crippen LogP contribution >= 0.6 is 12.2 Å². The Bertz CT molecular complexity index is 979. The number of amides is 1. The molecule has 0 bridgehead atoms. The maximum atomic E-state index is 12.6. The van der Waals surface area contributed by atoms with E-state index in [0.29, 0.717) is 28.3 Å². The Morgan fingerprint density at radius 3 is 2.28 bits per heavy atom. The molecular formula is C24H29N3O4S. The molecule has 0 heterocycles. The zero-order chi connectivity index (χ0) is 23.1. The molecule has 1 atom stereocenters. The molecule has 0 saturated heterocycles. The van der Waals surface area contributed by atoms with Crippen molar-refractivity contribution in [3.05, 3.63) is 53.6 Å². The van der Waals surface area contributed by atoms with Gasteiger partial charge in [-0.1, -0.05) is 18.2 Å². The largest absolute Gasteiger partial charge is 0.493 e. The highest BCUT2D eigenvalue weighted by atomic mass is 32.1. The first-order valence-electron chi connectivity index (χ1n) is 10.4. The number of hydrogen-bond donors (Lipinski definition) is 3. The van der Waals surface area contributed by atoms with Crippen LogP contribution in [0.2, 0.25) is 0 Å². The maximum Gasteiger partial charge on any atom is 0.245 e. The molecule has 0 radical (unpaired) electrons. The summed E-state index contributed by atoms with van der Waals surface area (Å²) in [6.45, 7) is 2.01. The zero-order valence-corrected chi connectivity index (χ0v) is 19.5. The molecule has 1 aliphatic carbocycles. The number of aryl methyl sites for hydroxylation is 1. The molecule has 0 aromatic heterocycles. The van der Waals surface area contributed by atoms with E-state index in [-0.39, 0.29) is 12.1 Å². The van der Waals surface area contributed by atoms with Crippen LogP contribution < -0.4 is 30.2 Å². The third-order valence-electron chi connectivity index (χ3n) is 5.19. The summed E-state index contributed by atoms with van der Waals surface area (Å²) in [6, 6.07) is 11.5. The van der Waals surface area contributed by atoms with E-state index in [1.165, 1.54) is 6.08 Å². The van der Waals surface area contributed by atoms with Crippen molar-refractivity contribution < 1.29 is 19.0 Å². The Hall–Kier alpha value is -3.26. The number of benzene rings is 2. The lowest BCUT2D eigenvalue weighted by Crippen LogP contribution is -2.50. The van der Waals surface area contributed by atoms with Crippen molar-refractivity contribution in [3.63, 3.8) is 0 Å². The molecule has 8 heteroatoms. The van der Waals surface area contributed by atoms with Crippen molar-refractivity contribution in [1.29, 1.82) is 0 Å². The predicted molar refractivity (Wildman–Crippen MR) is 130 cm³/mol. The average molecular weight is 456 g/mol. The van der Waals surface area contributed by atoms with E-state index >= 15 is 0 Å². The number of methoxy groups -OCH3 is 3. The first kappa shape index (κ1) is 23.4. The summed E-state index contributed by atoms with van der Waals surface area (Å²) in [5, 5.41) is 9.92. The monoisotopic (exact) mass is 455 g/mol. The summed E-state index contributed by atoms with van der Waals surface area (Å²) >= 11 is 5.46. The van der Waals surface area contributed by atoms with E-state index in [1.54, 1.807) is 39.5 Å². The molecular weight excluding hydrogens is 426 g/mol. The van der Waals surface area contributed by atoms with Crippen LogP contribution in [-0.2, 0) is 4.79 Å². The van der Waals surface area contributed by atoms with Crippen molar-refractivity contribution in [2.24, 2.45) is 5.92 Å². The summed E-state index contributed by atoms with van der Waals surface area (Å²) in [7, 11) is 4.65. The van der Waals surface area contributed by atoms with Gasteiger partial charge in [0.2, 0.25) is 11.7 Å². The Balaban J connectivity index is 1.63. The van der Waals surface area contributed by atoms with Crippen molar-refractivity contribution in [1.82, 2.24) is 10.6 Å². The Kier molecular flexibility index (Phi) is 7.94. The first-order valence-corrected chi connectivity index (χ1v) is 10.8. The van der Waals surface area contributed by atoms with E-state index < -0.39 is 0 Å². The normalized spacial score (nSPS) is 13.9. The number of nitrogens with one attached hydrogen (secondary N) is 3. The summed E-state index contributed by atoms with van der Waals surface area (Å²) in [5.41, 5.74) is 2.78. The number of hydrogen-bond acceptors (Lipinski definition) is 5. The van der Waals surface area contributed by atoms with Crippen LogP contribution in [0.3, 0.4) is 0 Å². The van der Waals surface area contributed by atoms with Gasteiger partial charge in [0, 0.05) is 11.8 Å². The summed E-state index contributed by atoms with van der Waals surface area (Å²) < 4.78 is 16.1. The smallest absolute Gasteiger partial charge is 0.245 e. The molecule has 1 fully saturated rings. The standard InChI is InChI=1S/C24H29N3O4S/c1-15-7-5-6-8-18(15)25-24(32)27-23(17-10-11-17)26-21(28)12-9-16-13-19(29-2)22(31-4)20(14-16)30-3/h5-9,12-14,17,23H,10-11H2,1-4H3,(H,26,28)(H2,25,27,32)/b12-9+. The SMILES string of the molecule is COc1cc(/C=C/C(=O)NC(NC(=S)Nc2ccccc2C)C2CC2)cc(OC)c1OC. The van der Waals surface area contributed by atoms with Crippen molar-refractivity contribution in [3.8, 4) is 17.2 Å². The van der Waals surface area contributed by atoms with E-state index in [2.05, 4.69) is 16.0 Å². The fraction of sp³-hybridized carbons (Fsp3) is 0.333. The van der Waals surface area contributed by atoms with Crippen molar-refractivity contribution in [2.75, 3.05) is 26.6 Å². The lowest BCUT2D eigenvalue weighted by Gasteiger charge is -2.22. The minimum atomic E-state index is -0.240. The minimum absolute atomic E-state index is 0.221. The van der Waals surface area contributed by atoms with E-state index in [9.17, 15) is 4.79 Å². The van der Waals surface area contributed by atoms with Crippen LogP contribution in [0.25, 0.3) is 6.08 Å². The van der Waals surface area contributed by atoms with Gasteiger partial charge in [0.25, 0.3) is 0 Å². The Morgan fingerprint density at radius 1 is 1.06 bits per heavy atom. The van der Waals surface area contributed by atoms with Gasteiger partial charge in [-0.3, -0.25) is 4.79 Å². The molecule has 2 aromatic carbocycles. The van der Waals surface area contributed by atoms with Crippen LogP contribution in [0, 0.1) is 12.8 Å². The van der Waals surface area contributed by atoms with Gasteiger partial charge in [-0.2, -0.15) is 0 Å². The second kappa shape index (κ2) is 10.9. The molecule has 1 unspecified atom stereocenters. The summed E-state index contributed by atoms with van der Waals surface area (Å²) in [5.74, 6) is 1.69. The lowest BCUT2D eigenvalue weighted by molar-refractivity contribution is -0.117. The van der Waals surface area contributed by atoms with E-state index in [1.807, 2.05) is 31.2 Å². The fourth-order valence-electron chi connectivity index (χ4n) is 3.29. The average Bonchev–Trinajstić information content (AvgIpc) is 3.63. The molecule has 2 aromatic rings. The van der Waals surface area contributed by atoms with Gasteiger partial charge in [-0.15, -0.1) is 0 Å². The second-order valence-electron chi connectivity index (χ2n) is 7.53. The lowest BCUT2D eigenvalue weighted by atomic mass is 10.1. The number of anilines is 1. The quantitative estimate of drug-likeness (QED) is 0.301. The number of carbonyl (C=O) groups is 1. The highest BCUT2D eigenvalue weighted by Gasteiger charge is 2.32. The Labute approximate surface area is 194 Å². The van der Waals surface area contributed by atoms with E-state index in [0.717, 1.165) is 29.7 Å². The van der Waals surface area contributed by atoms with Gasteiger partial charge in [-0.25, -0.2) is 0 Å². The molecule has 0 spiro atoms. The van der Waals surface area contributed by atoms with Gasteiger partial charge in [0.15, 0.2) is 16.6 Å². The molecule has 7 nitrogen and oxygen atoms in total. The molecule has 1 amide bonds.